The molecule has 0 aliphatic rings. The number of amides is 1. The van der Waals surface area contributed by atoms with E-state index in [-0.39, 0.29) is 12.1 Å². The standard InChI is InChI=1S/C20H20N4O4/c25-18(20(27)28)11-16(22-19(26)17-12-21-24-23-17)10-13-6-8-15(9-7-13)14-4-2-1-3-5-14/h1-9,12,16,18,25H,10-11H2,(H,22,26)(H,27,28)(H,21,23,24)/t16-,18-/m1/s1. The Kier molecular flexibility index (Phi) is 6.13. The first-order valence-electron chi connectivity index (χ1n) is 8.75. The lowest BCUT2D eigenvalue weighted by molar-refractivity contribution is -0.147. The van der Waals surface area contributed by atoms with Crippen LogP contribution in [0.5, 0.6) is 0 Å². The van der Waals surface area contributed by atoms with Crippen LogP contribution >= 0.6 is 0 Å². The predicted octanol–water partition coefficient (Wildman–Crippen LogP) is 1.65. The molecule has 0 spiro atoms. The van der Waals surface area contributed by atoms with Crippen molar-refractivity contribution in [3.63, 3.8) is 0 Å². The summed E-state index contributed by atoms with van der Waals surface area (Å²) in [5.74, 6) is -1.80. The lowest BCUT2D eigenvalue weighted by Crippen LogP contribution is -2.40. The van der Waals surface area contributed by atoms with Crippen LogP contribution in [0.1, 0.15) is 22.5 Å². The van der Waals surface area contributed by atoms with Crippen molar-refractivity contribution in [1.82, 2.24) is 20.7 Å². The molecule has 0 radical (unpaired) electrons. The Morgan fingerprint density at radius 3 is 2.32 bits per heavy atom. The van der Waals surface area contributed by atoms with Crippen molar-refractivity contribution in [1.29, 1.82) is 0 Å². The second kappa shape index (κ2) is 8.92. The molecule has 0 aliphatic heterocycles. The molecule has 8 heteroatoms. The number of hydrogen-bond acceptors (Lipinski definition) is 5. The van der Waals surface area contributed by atoms with Gasteiger partial charge in [0.2, 0.25) is 0 Å². The molecule has 1 heterocycles. The quantitative estimate of drug-likeness (QED) is 0.470. The summed E-state index contributed by atoms with van der Waals surface area (Å²) in [6.45, 7) is 0. The third kappa shape index (κ3) is 5.01. The Labute approximate surface area is 161 Å². The van der Waals surface area contributed by atoms with Gasteiger partial charge in [-0.1, -0.05) is 59.8 Å². The largest absolute Gasteiger partial charge is 0.479 e. The zero-order chi connectivity index (χ0) is 19.9. The van der Waals surface area contributed by atoms with Crippen molar-refractivity contribution in [3.05, 3.63) is 72.1 Å². The number of aromatic nitrogens is 3. The number of carbonyl (C=O) groups excluding carboxylic acids is 1. The van der Waals surface area contributed by atoms with Gasteiger partial charge in [-0.25, -0.2) is 4.79 Å². The lowest BCUT2D eigenvalue weighted by Gasteiger charge is -2.20. The van der Waals surface area contributed by atoms with Crippen molar-refractivity contribution in [2.75, 3.05) is 0 Å². The van der Waals surface area contributed by atoms with Gasteiger partial charge in [0.25, 0.3) is 5.91 Å². The number of nitrogens with one attached hydrogen (secondary N) is 2. The van der Waals surface area contributed by atoms with Crippen LogP contribution in [0.25, 0.3) is 11.1 Å². The van der Waals surface area contributed by atoms with E-state index in [4.69, 9.17) is 5.11 Å². The number of carboxylic acid groups (broad SMARTS) is 1. The summed E-state index contributed by atoms with van der Waals surface area (Å²) in [4.78, 5) is 23.3. The summed E-state index contributed by atoms with van der Waals surface area (Å²) >= 11 is 0. The molecule has 0 fully saturated rings. The SMILES string of the molecule is O=C(N[C@H](Cc1ccc(-c2ccccc2)cc1)C[C@@H](O)C(=O)O)c1cnn[nH]1. The molecule has 3 rings (SSSR count). The van der Waals surface area contributed by atoms with E-state index in [1.807, 2.05) is 54.6 Å². The average Bonchev–Trinajstić information content (AvgIpc) is 3.24. The summed E-state index contributed by atoms with van der Waals surface area (Å²) in [7, 11) is 0. The predicted molar refractivity (Wildman–Crippen MR) is 101 cm³/mol. The van der Waals surface area contributed by atoms with Gasteiger partial charge in [0, 0.05) is 12.5 Å². The molecule has 28 heavy (non-hydrogen) atoms. The van der Waals surface area contributed by atoms with Gasteiger partial charge in [-0.05, 0) is 23.1 Å². The number of aliphatic hydroxyl groups excluding tert-OH is 1. The van der Waals surface area contributed by atoms with Crippen molar-refractivity contribution >= 4 is 11.9 Å². The monoisotopic (exact) mass is 380 g/mol. The van der Waals surface area contributed by atoms with Crippen LogP contribution in [0, 0.1) is 0 Å². The van der Waals surface area contributed by atoms with Crippen molar-refractivity contribution < 1.29 is 19.8 Å². The number of aliphatic hydroxyl groups is 1. The Balaban J connectivity index is 1.72. The number of carbonyl (C=O) groups is 2. The van der Waals surface area contributed by atoms with E-state index in [0.717, 1.165) is 16.7 Å². The molecule has 4 N–H and O–H groups in total. The fourth-order valence-electron chi connectivity index (χ4n) is 2.88. The van der Waals surface area contributed by atoms with E-state index >= 15 is 0 Å². The first-order chi connectivity index (χ1) is 13.5. The molecule has 144 valence electrons. The molecule has 1 amide bonds. The first kappa shape index (κ1) is 19.2. The number of aromatic amines is 1. The van der Waals surface area contributed by atoms with Gasteiger partial charge >= 0.3 is 5.97 Å². The molecule has 1 aromatic heterocycles. The number of H-pyrrole nitrogens is 1. The van der Waals surface area contributed by atoms with E-state index in [0.29, 0.717) is 6.42 Å². The van der Waals surface area contributed by atoms with Crippen LogP contribution < -0.4 is 5.32 Å². The molecular weight excluding hydrogens is 360 g/mol. The summed E-state index contributed by atoms with van der Waals surface area (Å²) in [5, 5.41) is 30.9. The highest BCUT2D eigenvalue weighted by molar-refractivity contribution is 5.92. The Bertz CT molecular complexity index is 911. The van der Waals surface area contributed by atoms with Gasteiger partial charge in [-0.2, -0.15) is 0 Å². The average molecular weight is 380 g/mol. The van der Waals surface area contributed by atoms with E-state index < -0.39 is 24.0 Å². The maximum absolute atomic E-state index is 12.2. The highest BCUT2D eigenvalue weighted by Crippen LogP contribution is 2.20. The minimum absolute atomic E-state index is 0.122. The minimum atomic E-state index is -1.58. The Morgan fingerprint density at radius 2 is 1.71 bits per heavy atom. The van der Waals surface area contributed by atoms with E-state index in [2.05, 4.69) is 20.7 Å². The zero-order valence-electron chi connectivity index (χ0n) is 14.9. The number of carboxylic acids is 1. The summed E-state index contributed by atoms with van der Waals surface area (Å²) in [6, 6.07) is 17.1. The van der Waals surface area contributed by atoms with Gasteiger partial charge in [-0.15, -0.1) is 5.10 Å². The Morgan fingerprint density at radius 1 is 1.04 bits per heavy atom. The molecule has 0 bridgehead atoms. The number of rotatable bonds is 8. The normalized spacial score (nSPS) is 12.9. The third-order valence-electron chi connectivity index (χ3n) is 4.33. The molecule has 0 saturated carbocycles. The molecule has 2 atom stereocenters. The van der Waals surface area contributed by atoms with Crippen molar-refractivity contribution in [2.45, 2.75) is 25.0 Å². The smallest absolute Gasteiger partial charge is 0.332 e. The summed E-state index contributed by atoms with van der Waals surface area (Å²) < 4.78 is 0. The maximum atomic E-state index is 12.2. The lowest BCUT2D eigenvalue weighted by atomic mass is 9.97. The molecule has 2 aromatic carbocycles. The molecule has 0 saturated heterocycles. The number of hydrogen-bond donors (Lipinski definition) is 4. The summed E-state index contributed by atoms with van der Waals surface area (Å²) in [5.41, 5.74) is 3.21. The second-order valence-corrected chi connectivity index (χ2v) is 6.40. The van der Waals surface area contributed by atoms with Crippen molar-refractivity contribution in [3.8, 4) is 11.1 Å². The third-order valence-corrected chi connectivity index (χ3v) is 4.33. The Hall–Kier alpha value is -3.52. The van der Waals surface area contributed by atoms with Gasteiger partial charge in [0.1, 0.15) is 5.69 Å². The van der Waals surface area contributed by atoms with Crippen LogP contribution in [0.15, 0.2) is 60.8 Å². The van der Waals surface area contributed by atoms with E-state index in [1.54, 1.807) is 0 Å². The fourth-order valence-corrected chi connectivity index (χ4v) is 2.88. The number of aliphatic carboxylic acids is 1. The highest BCUT2D eigenvalue weighted by Gasteiger charge is 2.23. The summed E-state index contributed by atoms with van der Waals surface area (Å²) in [6.07, 6.45) is -0.0569. The molecular formula is C20H20N4O4. The minimum Gasteiger partial charge on any atom is -0.479 e. The van der Waals surface area contributed by atoms with Crippen LogP contribution in [-0.4, -0.2) is 49.6 Å². The van der Waals surface area contributed by atoms with Gasteiger partial charge in [-0.3, -0.25) is 9.89 Å². The number of benzene rings is 2. The van der Waals surface area contributed by atoms with Gasteiger partial charge < -0.3 is 15.5 Å². The van der Waals surface area contributed by atoms with E-state index in [1.165, 1.54) is 6.20 Å². The van der Waals surface area contributed by atoms with Crippen LogP contribution in [-0.2, 0) is 11.2 Å². The first-order valence-corrected chi connectivity index (χ1v) is 8.75. The van der Waals surface area contributed by atoms with E-state index in [9.17, 15) is 14.7 Å². The highest BCUT2D eigenvalue weighted by atomic mass is 16.4. The fraction of sp³-hybridized carbons (Fsp3) is 0.200. The zero-order valence-corrected chi connectivity index (χ0v) is 14.9. The number of nitrogens with zero attached hydrogens (tertiary/aromatic N) is 2. The van der Waals surface area contributed by atoms with Gasteiger partial charge in [0.15, 0.2) is 6.10 Å². The van der Waals surface area contributed by atoms with Crippen LogP contribution in [0.4, 0.5) is 0 Å². The van der Waals surface area contributed by atoms with Crippen molar-refractivity contribution in [2.24, 2.45) is 0 Å². The molecule has 8 nitrogen and oxygen atoms in total. The van der Waals surface area contributed by atoms with Crippen LogP contribution in [0.3, 0.4) is 0 Å². The van der Waals surface area contributed by atoms with Gasteiger partial charge in [0.05, 0.1) is 6.20 Å². The molecule has 0 aliphatic carbocycles. The topological polar surface area (TPSA) is 128 Å². The van der Waals surface area contributed by atoms with Crippen LogP contribution in [0.2, 0.25) is 0 Å². The maximum Gasteiger partial charge on any atom is 0.332 e. The molecule has 0 unspecified atom stereocenters. The second-order valence-electron chi connectivity index (χ2n) is 6.40. The molecule has 3 aromatic rings.